The number of methoxy groups -OCH3 is 1. The zero-order chi connectivity index (χ0) is 15.0. The van der Waals surface area contributed by atoms with Crippen molar-refractivity contribution in [2.24, 2.45) is 0 Å². The molecule has 1 saturated heterocycles. The van der Waals surface area contributed by atoms with Crippen molar-refractivity contribution in [3.05, 3.63) is 17.2 Å². The molecule has 114 valence electrons. The van der Waals surface area contributed by atoms with Gasteiger partial charge >= 0.3 is 11.9 Å². The molecule has 0 amide bonds. The quantitative estimate of drug-likeness (QED) is 0.841. The zero-order valence-electron chi connectivity index (χ0n) is 11.9. The maximum atomic E-state index is 12.0. The first-order valence-electron chi connectivity index (χ1n) is 7.12. The minimum absolute atomic E-state index is 0.0213. The lowest BCUT2D eigenvalue weighted by Gasteiger charge is -2.24. The zero-order valence-corrected chi connectivity index (χ0v) is 11.9. The van der Waals surface area contributed by atoms with Gasteiger partial charge in [0, 0.05) is 19.1 Å². The fourth-order valence-corrected chi connectivity index (χ4v) is 3.24. The number of ether oxygens (including phenoxy) is 2. The van der Waals surface area contributed by atoms with Crippen LogP contribution in [0.1, 0.15) is 53.1 Å². The van der Waals surface area contributed by atoms with Gasteiger partial charge in [-0.1, -0.05) is 0 Å². The van der Waals surface area contributed by atoms with Gasteiger partial charge in [-0.25, -0.2) is 9.78 Å². The van der Waals surface area contributed by atoms with Crippen LogP contribution in [0, 0.1) is 0 Å². The minimum atomic E-state index is -1.10. The summed E-state index contributed by atoms with van der Waals surface area (Å²) in [5.74, 6) is -1.20. The Bertz CT molecular complexity index is 574. The fraction of sp³-hybridized carbons (Fsp3) is 0.643. The number of carbonyl (C=O) groups is 2. The molecule has 0 aromatic carbocycles. The van der Waals surface area contributed by atoms with Crippen LogP contribution < -0.4 is 0 Å². The van der Waals surface area contributed by atoms with E-state index in [2.05, 4.69) is 4.98 Å². The van der Waals surface area contributed by atoms with E-state index in [4.69, 9.17) is 9.47 Å². The molecule has 1 fully saturated rings. The van der Waals surface area contributed by atoms with Crippen LogP contribution in [-0.2, 0) is 20.8 Å². The average molecular weight is 294 g/mol. The van der Waals surface area contributed by atoms with Crippen LogP contribution in [-0.4, -0.2) is 46.9 Å². The molecule has 0 saturated carbocycles. The second-order valence-corrected chi connectivity index (χ2v) is 5.44. The number of carbonyl (C=O) groups excluding carboxylic acids is 1. The highest BCUT2D eigenvalue weighted by Crippen LogP contribution is 2.36. The van der Waals surface area contributed by atoms with E-state index in [-0.39, 0.29) is 11.6 Å². The third-order valence-corrected chi connectivity index (χ3v) is 4.22. The van der Waals surface area contributed by atoms with Crippen molar-refractivity contribution < 1.29 is 24.2 Å². The van der Waals surface area contributed by atoms with Crippen LogP contribution in [0.15, 0.2) is 0 Å². The smallest absolute Gasteiger partial charge is 0.356 e. The fourth-order valence-electron chi connectivity index (χ4n) is 3.24. The van der Waals surface area contributed by atoms with Crippen molar-refractivity contribution in [2.75, 3.05) is 20.3 Å². The van der Waals surface area contributed by atoms with Gasteiger partial charge in [-0.3, -0.25) is 4.79 Å². The molecule has 3 heterocycles. The maximum Gasteiger partial charge on any atom is 0.356 e. The van der Waals surface area contributed by atoms with E-state index in [0.29, 0.717) is 31.9 Å². The molecule has 7 nitrogen and oxygen atoms in total. The van der Waals surface area contributed by atoms with E-state index in [1.807, 2.05) is 4.57 Å². The molecule has 0 aliphatic carbocycles. The highest BCUT2D eigenvalue weighted by atomic mass is 16.5. The number of nitrogens with zero attached hydrogens (tertiary/aromatic N) is 2. The molecule has 0 spiro atoms. The van der Waals surface area contributed by atoms with Gasteiger partial charge in [-0.05, 0) is 19.3 Å². The average Bonchev–Trinajstić information content (AvgIpc) is 3.12. The second kappa shape index (κ2) is 5.48. The summed E-state index contributed by atoms with van der Waals surface area (Å²) in [4.78, 5) is 27.8. The van der Waals surface area contributed by atoms with Crippen molar-refractivity contribution in [3.8, 4) is 0 Å². The molecule has 2 atom stereocenters. The number of aromatic carboxylic acids is 1. The summed E-state index contributed by atoms with van der Waals surface area (Å²) in [6.45, 7) is 1.91. The second-order valence-electron chi connectivity index (χ2n) is 5.44. The van der Waals surface area contributed by atoms with Gasteiger partial charge in [0.1, 0.15) is 5.82 Å². The van der Waals surface area contributed by atoms with Crippen LogP contribution in [0.25, 0.3) is 0 Å². The summed E-state index contributed by atoms with van der Waals surface area (Å²) in [5.41, 5.74) is 0.467. The van der Waals surface area contributed by atoms with Gasteiger partial charge < -0.3 is 19.1 Å². The van der Waals surface area contributed by atoms with Crippen LogP contribution in [0.2, 0.25) is 0 Å². The molecule has 1 aromatic rings. The Morgan fingerprint density at radius 3 is 2.86 bits per heavy atom. The van der Waals surface area contributed by atoms with Crippen molar-refractivity contribution in [3.63, 3.8) is 0 Å². The van der Waals surface area contributed by atoms with E-state index in [0.717, 1.165) is 18.7 Å². The molecule has 3 rings (SSSR count). The Hall–Kier alpha value is -1.89. The maximum absolute atomic E-state index is 12.0. The molecule has 7 heteroatoms. The number of rotatable bonds is 3. The molecule has 0 radical (unpaired) electrons. The molecular formula is C14H18N2O5. The predicted molar refractivity (Wildman–Crippen MR) is 71.4 cm³/mol. The van der Waals surface area contributed by atoms with Crippen molar-refractivity contribution in [2.45, 2.75) is 37.6 Å². The number of hydrogen-bond donors (Lipinski definition) is 1. The highest BCUT2D eigenvalue weighted by molar-refractivity contribution is 5.90. The van der Waals surface area contributed by atoms with E-state index in [1.54, 1.807) is 0 Å². The van der Waals surface area contributed by atoms with Gasteiger partial charge in [0.25, 0.3) is 0 Å². The lowest BCUT2D eigenvalue weighted by Crippen LogP contribution is -2.26. The van der Waals surface area contributed by atoms with Crippen LogP contribution in [0.5, 0.6) is 0 Å². The molecule has 1 aromatic heterocycles. The Morgan fingerprint density at radius 2 is 2.24 bits per heavy atom. The molecule has 2 aliphatic heterocycles. The minimum Gasteiger partial charge on any atom is -0.476 e. The summed E-state index contributed by atoms with van der Waals surface area (Å²) in [5, 5.41) is 9.41. The van der Waals surface area contributed by atoms with E-state index >= 15 is 0 Å². The lowest BCUT2D eigenvalue weighted by molar-refractivity contribution is -0.143. The number of carboxylic acids is 1. The SMILES string of the molecule is COC(=O)C1CCCn2c(C3CCOC3)nc(C(=O)O)c21. The van der Waals surface area contributed by atoms with E-state index < -0.39 is 17.9 Å². The Labute approximate surface area is 121 Å². The van der Waals surface area contributed by atoms with Crippen LogP contribution in [0.4, 0.5) is 0 Å². The van der Waals surface area contributed by atoms with E-state index in [9.17, 15) is 14.7 Å². The Morgan fingerprint density at radius 1 is 1.43 bits per heavy atom. The van der Waals surface area contributed by atoms with E-state index in [1.165, 1.54) is 7.11 Å². The van der Waals surface area contributed by atoms with Gasteiger partial charge in [-0.15, -0.1) is 0 Å². The molecule has 2 aliphatic rings. The highest BCUT2D eigenvalue weighted by Gasteiger charge is 2.37. The number of hydrogen-bond acceptors (Lipinski definition) is 5. The normalized spacial score (nSPS) is 24.6. The lowest BCUT2D eigenvalue weighted by atomic mass is 9.94. The third-order valence-electron chi connectivity index (χ3n) is 4.22. The summed E-state index contributed by atoms with van der Waals surface area (Å²) < 4.78 is 12.1. The molecule has 1 N–H and O–H groups in total. The standard InChI is InChI=1S/C14H18N2O5/c1-20-14(19)9-3-2-5-16-11(9)10(13(17)18)15-12(16)8-4-6-21-7-8/h8-9H,2-7H2,1H3,(H,17,18). The number of aromatic nitrogens is 2. The molecule has 2 unspecified atom stereocenters. The summed E-state index contributed by atoms with van der Waals surface area (Å²) in [6.07, 6.45) is 2.24. The Balaban J connectivity index is 2.10. The van der Waals surface area contributed by atoms with Crippen molar-refractivity contribution >= 4 is 11.9 Å². The number of esters is 1. The Kier molecular flexibility index (Phi) is 3.67. The summed E-state index contributed by atoms with van der Waals surface area (Å²) >= 11 is 0. The first-order chi connectivity index (χ1) is 10.1. The van der Waals surface area contributed by atoms with Crippen molar-refractivity contribution in [1.29, 1.82) is 0 Å². The first-order valence-corrected chi connectivity index (χ1v) is 7.12. The third kappa shape index (κ3) is 2.31. The number of carboxylic acid groups (broad SMARTS) is 1. The van der Waals surface area contributed by atoms with Gasteiger partial charge in [0.05, 0.1) is 25.3 Å². The number of fused-ring (bicyclic) bond motifs is 1. The monoisotopic (exact) mass is 294 g/mol. The largest absolute Gasteiger partial charge is 0.476 e. The number of imidazole rings is 1. The van der Waals surface area contributed by atoms with Crippen LogP contribution in [0.3, 0.4) is 0 Å². The molecule has 0 bridgehead atoms. The predicted octanol–water partition coefficient (Wildman–Crippen LogP) is 1.14. The molecule has 21 heavy (non-hydrogen) atoms. The van der Waals surface area contributed by atoms with Crippen LogP contribution >= 0.6 is 0 Å². The topological polar surface area (TPSA) is 90.7 Å². The van der Waals surface area contributed by atoms with Gasteiger partial charge in [0.15, 0.2) is 5.69 Å². The first kappa shape index (κ1) is 14.1. The summed E-state index contributed by atoms with van der Waals surface area (Å²) in [7, 11) is 1.32. The molecular weight excluding hydrogens is 276 g/mol. The van der Waals surface area contributed by atoms with Gasteiger partial charge in [0.2, 0.25) is 0 Å². The van der Waals surface area contributed by atoms with Gasteiger partial charge in [-0.2, -0.15) is 0 Å². The van der Waals surface area contributed by atoms with Crippen molar-refractivity contribution in [1.82, 2.24) is 9.55 Å². The summed E-state index contributed by atoms with van der Waals surface area (Å²) in [6, 6.07) is 0.